The number of carbonyl (C=O) groups is 1. The van der Waals surface area contributed by atoms with Crippen molar-refractivity contribution in [2.75, 3.05) is 13.7 Å². The number of thiocarbonyl (C=S) groups is 1. The second-order valence-electron chi connectivity index (χ2n) is 5.24. The van der Waals surface area contributed by atoms with Crippen molar-refractivity contribution in [3.8, 4) is 11.5 Å². The summed E-state index contributed by atoms with van der Waals surface area (Å²) in [4.78, 5) is 14.5. The molecule has 0 atom stereocenters. The number of nitrogens with zero attached hydrogens (tertiary/aromatic N) is 1. The van der Waals surface area contributed by atoms with E-state index in [1.54, 1.807) is 23.1 Å². The number of methoxy groups -OCH3 is 1. The molecule has 1 saturated heterocycles. The zero-order valence-corrected chi connectivity index (χ0v) is 14.8. The zero-order valence-electron chi connectivity index (χ0n) is 12.4. The first-order chi connectivity index (χ1) is 10.3. The fraction of sp³-hybridized carbons (Fsp3) is 0.333. The van der Waals surface area contributed by atoms with Crippen LogP contribution < -0.4 is 4.74 Å². The van der Waals surface area contributed by atoms with E-state index in [-0.39, 0.29) is 22.4 Å². The highest BCUT2D eigenvalue weighted by Crippen LogP contribution is 2.38. The number of benzene rings is 1. The number of carbonyl (C=O) groups excluding carboxylic acids is 1. The molecule has 0 saturated carbocycles. The Bertz CT molecular complexity index is 658. The number of aromatic hydroxyl groups is 1. The first kappa shape index (κ1) is 17.1. The number of halogens is 1. The van der Waals surface area contributed by atoms with Gasteiger partial charge in [-0.25, -0.2) is 0 Å². The van der Waals surface area contributed by atoms with E-state index in [1.807, 2.05) is 13.8 Å². The first-order valence-corrected chi connectivity index (χ1v) is 8.25. The van der Waals surface area contributed by atoms with Gasteiger partial charge in [-0.2, -0.15) is 0 Å². The summed E-state index contributed by atoms with van der Waals surface area (Å²) in [5, 5.41) is 9.91. The van der Waals surface area contributed by atoms with E-state index in [0.29, 0.717) is 27.3 Å². The van der Waals surface area contributed by atoms with Gasteiger partial charge in [0.15, 0.2) is 11.5 Å². The maximum Gasteiger partial charge on any atom is 0.266 e. The summed E-state index contributed by atoms with van der Waals surface area (Å²) in [6.45, 7) is 4.67. The van der Waals surface area contributed by atoms with Crippen LogP contribution in [0.4, 0.5) is 0 Å². The normalized spacial score (nSPS) is 17.0. The Morgan fingerprint density at radius 3 is 2.77 bits per heavy atom. The van der Waals surface area contributed by atoms with Gasteiger partial charge in [-0.1, -0.05) is 49.4 Å². The van der Waals surface area contributed by atoms with Gasteiger partial charge in [-0.15, -0.1) is 0 Å². The Hall–Kier alpha value is -1.24. The topological polar surface area (TPSA) is 49.8 Å². The molecule has 1 aliphatic rings. The molecule has 1 amide bonds. The molecule has 1 aromatic carbocycles. The second-order valence-corrected chi connectivity index (χ2v) is 7.32. The smallest absolute Gasteiger partial charge is 0.266 e. The molecule has 0 aromatic heterocycles. The lowest BCUT2D eigenvalue weighted by atomic mass is 10.1. The van der Waals surface area contributed by atoms with Crippen LogP contribution in [0.1, 0.15) is 19.4 Å². The van der Waals surface area contributed by atoms with Crippen LogP contribution in [0.15, 0.2) is 17.0 Å². The third-order valence-corrected chi connectivity index (χ3v) is 4.66. The van der Waals surface area contributed by atoms with Crippen LogP contribution in [0.2, 0.25) is 5.02 Å². The minimum atomic E-state index is -0.117. The van der Waals surface area contributed by atoms with Gasteiger partial charge in [0, 0.05) is 6.54 Å². The average Bonchev–Trinajstić information content (AvgIpc) is 2.70. The molecule has 1 fully saturated rings. The van der Waals surface area contributed by atoms with Crippen molar-refractivity contribution in [3.63, 3.8) is 0 Å². The van der Waals surface area contributed by atoms with Gasteiger partial charge in [0.1, 0.15) is 4.32 Å². The highest BCUT2D eigenvalue weighted by Gasteiger charge is 2.32. The van der Waals surface area contributed by atoms with Crippen LogP contribution >= 0.6 is 35.6 Å². The zero-order chi connectivity index (χ0) is 16.4. The number of ether oxygens (including phenoxy) is 1. The summed E-state index contributed by atoms with van der Waals surface area (Å²) in [6.07, 6.45) is 1.70. The predicted molar refractivity (Wildman–Crippen MR) is 94.4 cm³/mol. The van der Waals surface area contributed by atoms with Crippen LogP contribution in [0.5, 0.6) is 11.5 Å². The number of phenolic OH excluding ortho intramolecular Hbond substituents is 1. The summed E-state index contributed by atoms with van der Waals surface area (Å²) >= 11 is 12.5. The molecular weight excluding hydrogens is 342 g/mol. The number of hydrogen-bond donors (Lipinski definition) is 1. The molecule has 1 N–H and O–H groups in total. The predicted octanol–water partition coefficient (Wildman–Crippen LogP) is 3.91. The van der Waals surface area contributed by atoms with Gasteiger partial charge < -0.3 is 9.84 Å². The van der Waals surface area contributed by atoms with Crippen LogP contribution in [-0.2, 0) is 4.79 Å². The fourth-order valence-electron chi connectivity index (χ4n) is 2.01. The third-order valence-electron chi connectivity index (χ3n) is 2.99. The number of hydrogen-bond acceptors (Lipinski definition) is 5. The highest BCUT2D eigenvalue weighted by atomic mass is 35.5. The molecule has 0 bridgehead atoms. The molecule has 2 rings (SSSR count). The quantitative estimate of drug-likeness (QED) is 0.654. The van der Waals surface area contributed by atoms with Gasteiger partial charge in [0.2, 0.25) is 0 Å². The summed E-state index contributed by atoms with van der Waals surface area (Å²) in [5.41, 5.74) is 0.671. The molecule has 1 heterocycles. The Morgan fingerprint density at radius 2 is 2.18 bits per heavy atom. The first-order valence-electron chi connectivity index (χ1n) is 6.65. The van der Waals surface area contributed by atoms with Gasteiger partial charge in [-0.3, -0.25) is 9.69 Å². The molecule has 0 radical (unpaired) electrons. The summed E-state index contributed by atoms with van der Waals surface area (Å²) in [5.74, 6) is 0.377. The molecule has 1 aliphatic heterocycles. The van der Waals surface area contributed by atoms with Crippen molar-refractivity contribution in [2.24, 2.45) is 5.92 Å². The summed E-state index contributed by atoms with van der Waals surface area (Å²) in [7, 11) is 1.44. The summed E-state index contributed by atoms with van der Waals surface area (Å²) in [6, 6.07) is 3.20. The van der Waals surface area contributed by atoms with Crippen LogP contribution in [0, 0.1) is 5.92 Å². The Morgan fingerprint density at radius 1 is 1.50 bits per heavy atom. The maximum atomic E-state index is 12.4. The van der Waals surface area contributed by atoms with Crippen molar-refractivity contribution in [3.05, 3.63) is 27.6 Å². The lowest BCUT2D eigenvalue weighted by Gasteiger charge is -2.16. The largest absolute Gasteiger partial charge is 0.503 e. The van der Waals surface area contributed by atoms with E-state index in [1.165, 1.54) is 18.9 Å². The van der Waals surface area contributed by atoms with Crippen molar-refractivity contribution < 1.29 is 14.6 Å². The number of thioether (sulfide) groups is 1. The SMILES string of the molecule is COc1cc(C=C2SC(=S)N(CC(C)C)C2=O)cc(Cl)c1O. The fourth-order valence-corrected chi connectivity index (χ4v) is 3.50. The van der Waals surface area contributed by atoms with E-state index >= 15 is 0 Å². The third kappa shape index (κ3) is 3.56. The molecule has 1 aromatic rings. The van der Waals surface area contributed by atoms with Gasteiger partial charge in [-0.05, 0) is 29.7 Å². The van der Waals surface area contributed by atoms with E-state index in [2.05, 4.69) is 0 Å². The van der Waals surface area contributed by atoms with Gasteiger partial charge in [0.05, 0.1) is 17.0 Å². The minimum absolute atomic E-state index is 0.105. The molecular formula is C15H16ClNO3S2. The Balaban J connectivity index is 2.33. The lowest BCUT2D eigenvalue weighted by molar-refractivity contribution is -0.122. The average molecular weight is 358 g/mol. The van der Waals surface area contributed by atoms with Gasteiger partial charge in [0.25, 0.3) is 5.91 Å². The summed E-state index contributed by atoms with van der Waals surface area (Å²) < 4.78 is 5.62. The molecule has 22 heavy (non-hydrogen) atoms. The van der Waals surface area contributed by atoms with E-state index in [0.717, 1.165) is 0 Å². The van der Waals surface area contributed by atoms with E-state index < -0.39 is 0 Å². The molecule has 118 valence electrons. The standard InChI is InChI=1S/C15H16ClNO3S2/c1-8(2)7-17-14(19)12(22-15(17)21)6-9-4-10(16)13(18)11(5-9)20-3/h4-6,8,18H,7H2,1-3H3. The van der Waals surface area contributed by atoms with Crippen LogP contribution in [0.25, 0.3) is 6.08 Å². The molecule has 0 aliphatic carbocycles. The van der Waals surface area contributed by atoms with Gasteiger partial charge >= 0.3 is 0 Å². The Labute approximate surface area is 144 Å². The van der Waals surface area contributed by atoms with Crippen molar-refractivity contribution in [2.45, 2.75) is 13.8 Å². The van der Waals surface area contributed by atoms with Crippen LogP contribution in [0.3, 0.4) is 0 Å². The molecule has 0 unspecified atom stereocenters. The highest BCUT2D eigenvalue weighted by molar-refractivity contribution is 8.26. The van der Waals surface area contributed by atoms with E-state index in [9.17, 15) is 9.90 Å². The second kappa shape index (κ2) is 6.89. The monoisotopic (exact) mass is 357 g/mol. The van der Waals surface area contributed by atoms with Crippen molar-refractivity contribution in [1.29, 1.82) is 0 Å². The lowest BCUT2D eigenvalue weighted by Crippen LogP contribution is -2.31. The molecule has 7 heteroatoms. The van der Waals surface area contributed by atoms with Crippen molar-refractivity contribution >= 4 is 51.9 Å². The molecule has 0 spiro atoms. The maximum absolute atomic E-state index is 12.4. The number of amides is 1. The molecule has 4 nitrogen and oxygen atoms in total. The van der Waals surface area contributed by atoms with Crippen LogP contribution in [-0.4, -0.2) is 33.9 Å². The number of rotatable bonds is 4. The Kier molecular flexibility index (Phi) is 5.36. The van der Waals surface area contributed by atoms with Crippen molar-refractivity contribution in [1.82, 2.24) is 4.90 Å². The van der Waals surface area contributed by atoms with E-state index in [4.69, 9.17) is 28.6 Å². The minimum Gasteiger partial charge on any atom is -0.503 e. The number of phenols is 1.